The lowest BCUT2D eigenvalue weighted by molar-refractivity contribution is -0.143. The van der Waals surface area contributed by atoms with Crippen molar-refractivity contribution in [3.63, 3.8) is 0 Å². The van der Waals surface area contributed by atoms with Crippen LogP contribution < -0.4 is 10.1 Å². The van der Waals surface area contributed by atoms with Gasteiger partial charge in [0.15, 0.2) is 0 Å². The quantitative estimate of drug-likeness (QED) is 0.560. The third kappa shape index (κ3) is 6.98. The van der Waals surface area contributed by atoms with Crippen molar-refractivity contribution in [3.8, 4) is 5.75 Å². The van der Waals surface area contributed by atoms with Crippen molar-refractivity contribution >= 4 is 29.2 Å². The smallest absolute Gasteiger partial charge is 0.305 e. The highest BCUT2D eigenvalue weighted by atomic mass is 35.5. The maximum absolute atomic E-state index is 11.1. The van der Waals surface area contributed by atoms with Crippen molar-refractivity contribution in [1.29, 1.82) is 0 Å². The Kier molecular flexibility index (Phi) is 8.42. The predicted molar refractivity (Wildman–Crippen MR) is 80.7 cm³/mol. The molecule has 1 aromatic rings. The van der Waals surface area contributed by atoms with Crippen LogP contribution in [0.3, 0.4) is 0 Å². The second-order valence-corrected chi connectivity index (χ2v) is 4.93. The van der Waals surface area contributed by atoms with E-state index in [1.807, 2.05) is 0 Å². The molecular formula is C14H19Cl2NO3. The van der Waals surface area contributed by atoms with Crippen molar-refractivity contribution in [3.05, 3.63) is 28.2 Å². The van der Waals surface area contributed by atoms with Gasteiger partial charge in [-0.2, -0.15) is 0 Å². The van der Waals surface area contributed by atoms with Gasteiger partial charge < -0.3 is 14.8 Å². The Hall–Kier alpha value is -0.970. The molecule has 0 unspecified atom stereocenters. The van der Waals surface area contributed by atoms with Gasteiger partial charge in [-0.15, -0.1) is 0 Å². The van der Waals surface area contributed by atoms with Crippen molar-refractivity contribution in [1.82, 2.24) is 5.32 Å². The Morgan fingerprint density at radius 3 is 2.80 bits per heavy atom. The zero-order chi connectivity index (χ0) is 14.8. The summed E-state index contributed by atoms with van der Waals surface area (Å²) in [5.41, 5.74) is 0. The number of halogens is 2. The molecule has 0 atom stereocenters. The van der Waals surface area contributed by atoms with Crippen LogP contribution in [-0.4, -0.2) is 32.3 Å². The third-order valence-corrected chi connectivity index (χ3v) is 3.00. The summed E-state index contributed by atoms with van der Waals surface area (Å²) in [4.78, 5) is 11.1. The molecule has 6 heteroatoms. The zero-order valence-electron chi connectivity index (χ0n) is 11.5. The van der Waals surface area contributed by atoms with Gasteiger partial charge in [-0.3, -0.25) is 4.79 Å². The largest absolute Gasteiger partial charge is 0.491 e. The monoisotopic (exact) mass is 319 g/mol. The normalized spacial score (nSPS) is 10.3. The number of nitrogens with one attached hydrogen (secondary N) is 1. The molecule has 1 rings (SSSR count). The molecule has 0 radical (unpaired) electrons. The summed E-state index contributed by atoms with van der Waals surface area (Å²) in [6.07, 6.45) is 1.19. The van der Waals surface area contributed by atoms with Gasteiger partial charge in [0.05, 0.1) is 11.6 Å². The minimum atomic E-state index is -0.154. The van der Waals surface area contributed by atoms with E-state index in [1.165, 1.54) is 0 Å². The molecule has 1 aromatic carbocycles. The summed E-state index contributed by atoms with van der Waals surface area (Å²) in [6, 6.07) is 5.12. The number of rotatable bonds is 9. The number of hydrogen-bond acceptors (Lipinski definition) is 4. The summed E-state index contributed by atoms with van der Waals surface area (Å²) < 4.78 is 10.3. The Morgan fingerprint density at radius 2 is 2.10 bits per heavy atom. The van der Waals surface area contributed by atoms with Crippen LogP contribution >= 0.6 is 23.2 Å². The highest BCUT2D eigenvalue weighted by Gasteiger charge is 2.02. The van der Waals surface area contributed by atoms with Crippen LogP contribution in [0.2, 0.25) is 10.0 Å². The Balaban J connectivity index is 2.06. The molecule has 112 valence electrons. The number of carbonyl (C=O) groups is 1. The molecular weight excluding hydrogens is 301 g/mol. The molecule has 0 aromatic heterocycles. The first-order chi connectivity index (χ1) is 9.63. The SMILES string of the molecule is CCOC(=O)CCCNCCOc1ccc(Cl)cc1Cl. The number of benzene rings is 1. The van der Waals surface area contributed by atoms with Gasteiger partial charge in [-0.25, -0.2) is 0 Å². The first kappa shape index (κ1) is 17.1. The van der Waals surface area contributed by atoms with Gasteiger partial charge in [0, 0.05) is 18.0 Å². The molecule has 0 bridgehead atoms. The van der Waals surface area contributed by atoms with Crippen LogP contribution in [0, 0.1) is 0 Å². The molecule has 0 aliphatic carbocycles. The van der Waals surface area contributed by atoms with Gasteiger partial charge >= 0.3 is 5.97 Å². The maximum Gasteiger partial charge on any atom is 0.305 e. The third-order valence-electron chi connectivity index (χ3n) is 2.47. The molecule has 0 saturated carbocycles. The van der Waals surface area contributed by atoms with E-state index in [4.69, 9.17) is 32.7 Å². The average Bonchev–Trinajstić information content (AvgIpc) is 2.40. The number of esters is 1. The van der Waals surface area contributed by atoms with E-state index in [0.717, 1.165) is 13.0 Å². The second kappa shape index (κ2) is 9.86. The van der Waals surface area contributed by atoms with Gasteiger partial charge in [0.2, 0.25) is 0 Å². The van der Waals surface area contributed by atoms with Crippen LogP contribution in [0.1, 0.15) is 19.8 Å². The predicted octanol–water partition coefficient (Wildman–Crippen LogP) is 3.31. The molecule has 20 heavy (non-hydrogen) atoms. The van der Waals surface area contributed by atoms with E-state index < -0.39 is 0 Å². The molecule has 1 N–H and O–H groups in total. The van der Waals surface area contributed by atoms with E-state index in [-0.39, 0.29) is 5.97 Å². The van der Waals surface area contributed by atoms with Gasteiger partial charge in [-0.1, -0.05) is 23.2 Å². The summed E-state index contributed by atoms with van der Waals surface area (Å²) in [6.45, 7) is 4.16. The van der Waals surface area contributed by atoms with Crippen LogP contribution in [0.4, 0.5) is 0 Å². The molecule has 0 aliphatic rings. The second-order valence-electron chi connectivity index (χ2n) is 4.08. The lowest BCUT2D eigenvalue weighted by Gasteiger charge is -2.09. The minimum absolute atomic E-state index is 0.154. The molecule has 0 amide bonds. The topological polar surface area (TPSA) is 47.6 Å². The van der Waals surface area contributed by atoms with Crippen molar-refractivity contribution in [2.75, 3.05) is 26.3 Å². The van der Waals surface area contributed by atoms with Gasteiger partial charge in [-0.05, 0) is 38.1 Å². The standard InChI is InChI=1S/C14H19Cl2NO3/c1-2-19-14(18)4-3-7-17-8-9-20-13-6-5-11(15)10-12(13)16/h5-6,10,17H,2-4,7-9H2,1H3. The van der Waals surface area contributed by atoms with E-state index in [9.17, 15) is 4.79 Å². The van der Waals surface area contributed by atoms with Crippen molar-refractivity contribution in [2.45, 2.75) is 19.8 Å². The fraction of sp³-hybridized carbons (Fsp3) is 0.500. The summed E-state index contributed by atoms with van der Waals surface area (Å²) in [5, 5.41) is 4.26. The molecule has 0 spiro atoms. The maximum atomic E-state index is 11.1. The van der Waals surface area contributed by atoms with Crippen molar-refractivity contribution < 1.29 is 14.3 Å². The molecule has 0 fully saturated rings. The van der Waals surface area contributed by atoms with E-state index in [1.54, 1.807) is 25.1 Å². The first-order valence-electron chi connectivity index (χ1n) is 6.57. The molecule has 0 heterocycles. The lowest BCUT2D eigenvalue weighted by atomic mass is 10.3. The van der Waals surface area contributed by atoms with E-state index >= 15 is 0 Å². The molecule has 4 nitrogen and oxygen atoms in total. The minimum Gasteiger partial charge on any atom is -0.491 e. The van der Waals surface area contributed by atoms with Gasteiger partial charge in [0.25, 0.3) is 0 Å². The van der Waals surface area contributed by atoms with Crippen LogP contribution in [0.5, 0.6) is 5.75 Å². The number of carbonyl (C=O) groups excluding carboxylic acids is 1. The van der Waals surface area contributed by atoms with Crippen LogP contribution in [-0.2, 0) is 9.53 Å². The summed E-state index contributed by atoms with van der Waals surface area (Å²) in [5.74, 6) is 0.461. The van der Waals surface area contributed by atoms with Crippen LogP contribution in [0.15, 0.2) is 18.2 Å². The Morgan fingerprint density at radius 1 is 1.30 bits per heavy atom. The Labute approximate surface area is 129 Å². The van der Waals surface area contributed by atoms with Crippen LogP contribution in [0.25, 0.3) is 0 Å². The van der Waals surface area contributed by atoms with E-state index in [2.05, 4.69) is 5.32 Å². The fourth-order valence-electron chi connectivity index (χ4n) is 1.54. The highest BCUT2D eigenvalue weighted by molar-refractivity contribution is 6.35. The lowest BCUT2D eigenvalue weighted by Crippen LogP contribution is -2.22. The summed E-state index contributed by atoms with van der Waals surface area (Å²) >= 11 is 11.8. The number of ether oxygens (including phenoxy) is 2. The first-order valence-corrected chi connectivity index (χ1v) is 7.33. The fourth-order valence-corrected chi connectivity index (χ4v) is 2.00. The molecule has 0 saturated heterocycles. The summed E-state index contributed by atoms with van der Waals surface area (Å²) in [7, 11) is 0. The molecule has 0 aliphatic heterocycles. The zero-order valence-corrected chi connectivity index (χ0v) is 13.0. The Bertz CT molecular complexity index is 427. The number of hydrogen-bond donors (Lipinski definition) is 1. The highest BCUT2D eigenvalue weighted by Crippen LogP contribution is 2.27. The average molecular weight is 320 g/mol. The van der Waals surface area contributed by atoms with E-state index in [0.29, 0.717) is 42.0 Å². The van der Waals surface area contributed by atoms with Gasteiger partial charge in [0.1, 0.15) is 12.4 Å². The van der Waals surface area contributed by atoms with Crippen molar-refractivity contribution in [2.24, 2.45) is 0 Å².